The number of nitrogens with one attached hydrogen (secondary N) is 1. The largest absolute Gasteiger partial charge is 0.319 e. The molecule has 1 amide bonds. The molecule has 0 unspecified atom stereocenters. The first-order valence-corrected chi connectivity index (χ1v) is 8.02. The Morgan fingerprint density at radius 3 is 2.44 bits per heavy atom. The summed E-state index contributed by atoms with van der Waals surface area (Å²) in [6, 6.07) is 15.5. The van der Waals surface area contributed by atoms with E-state index in [0.29, 0.717) is 28.8 Å². The molecule has 0 atom stereocenters. The van der Waals surface area contributed by atoms with E-state index >= 15 is 0 Å². The average Bonchev–Trinajstić information content (AvgIpc) is 3.04. The predicted octanol–water partition coefficient (Wildman–Crippen LogP) is 3.57. The number of aldehydes is 1. The van der Waals surface area contributed by atoms with E-state index in [1.165, 1.54) is 10.9 Å². The molecule has 0 saturated carbocycles. The smallest absolute Gasteiger partial charge is 0.255 e. The van der Waals surface area contributed by atoms with Crippen molar-refractivity contribution in [2.75, 3.05) is 5.32 Å². The third kappa shape index (κ3) is 3.49. The molecule has 0 radical (unpaired) electrons. The Kier molecular flexibility index (Phi) is 4.73. The van der Waals surface area contributed by atoms with E-state index in [2.05, 4.69) is 26.3 Å². The number of nitriles is 1. The number of hydrogen-bond acceptors (Lipinski definition) is 4. The van der Waals surface area contributed by atoms with Gasteiger partial charge in [0, 0.05) is 10.0 Å². The summed E-state index contributed by atoms with van der Waals surface area (Å²) < 4.78 is 2.27. The Morgan fingerprint density at radius 1 is 1.16 bits per heavy atom. The lowest BCUT2D eigenvalue weighted by atomic mass is 10.2. The highest BCUT2D eigenvalue weighted by molar-refractivity contribution is 9.10. The van der Waals surface area contributed by atoms with Crippen molar-refractivity contribution in [3.63, 3.8) is 0 Å². The lowest BCUT2D eigenvalue weighted by molar-refractivity contribution is 0.102. The molecule has 7 heteroatoms. The topological polar surface area (TPSA) is 87.8 Å². The molecule has 1 N–H and O–H groups in total. The normalized spacial score (nSPS) is 10.1. The van der Waals surface area contributed by atoms with Gasteiger partial charge in [0.2, 0.25) is 0 Å². The molecule has 3 aromatic rings. The molecular weight excluding hydrogens is 384 g/mol. The van der Waals surface area contributed by atoms with Gasteiger partial charge in [0.05, 0.1) is 29.2 Å². The Labute approximate surface area is 151 Å². The van der Waals surface area contributed by atoms with Crippen molar-refractivity contribution in [2.24, 2.45) is 0 Å². The van der Waals surface area contributed by atoms with Crippen molar-refractivity contribution in [3.8, 4) is 11.8 Å². The Hall–Kier alpha value is -3.24. The minimum atomic E-state index is -0.338. The van der Waals surface area contributed by atoms with Gasteiger partial charge in [0.25, 0.3) is 5.91 Å². The standard InChI is InChI=1S/C18H11BrN4O2/c19-14-5-3-13(4-6-14)18(25)22-16-10-21-23(17(16)11-24)15-7-1-12(9-20)2-8-15/h1-8,10-11H,(H,22,25). The summed E-state index contributed by atoms with van der Waals surface area (Å²) in [5.41, 5.74) is 2.12. The van der Waals surface area contributed by atoms with Crippen LogP contribution in [0.5, 0.6) is 0 Å². The monoisotopic (exact) mass is 394 g/mol. The number of aromatic nitrogens is 2. The number of hydrogen-bond donors (Lipinski definition) is 1. The number of nitrogens with zero attached hydrogens (tertiary/aromatic N) is 3. The summed E-state index contributed by atoms with van der Waals surface area (Å²) >= 11 is 3.31. The Morgan fingerprint density at radius 2 is 1.84 bits per heavy atom. The van der Waals surface area contributed by atoms with E-state index in [-0.39, 0.29) is 11.6 Å². The van der Waals surface area contributed by atoms with Crippen LogP contribution in [0.2, 0.25) is 0 Å². The zero-order valence-corrected chi connectivity index (χ0v) is 14.4. The molecule has 3 rings (SSSR count). The second kappa shape index (κ2) is 7.11. The highest BCUT2D eigenvalue weighted by atomic mass is 79.9. The van der Waals surface area contributed by atoms with Gasteiger partial charge in [-0.25, -0.2) is 4.68 Å². The van der Waals surface area contributed by atoms with Crippen molar-refractivity contribution in [3.05, 3.63) is 76.0 Å². The molecule has 25 heavy (non-hydrogen) atoms. The van der Waals surface area contributed by atoms with Gasteiger partial charge in [-0.05, 0) is 48.5 Å². The second-order valence-electron chi connectivity index (χ2n) is 5.09. The molecule has 0 aliphatic rings. The van der Waals surface area contributed by atoms with Crippen LogP contribution in [-0.4, -0.2) is 22.0 Å². The molecule has 1 aromatic heterocycles. The SMILES string of the molecule is N#Cc1ccc(-n2ncc(NC(=O)c3ccc(Br)cc3)c2C=O)cc1. The van der Waals surface area contributed by atoms with Gasteiger partial charge in [-0.2, -0.15) is 10.4 Å². The summed E-state index contributed by atoms with van der Waals surface area (Å²) in [6.45, 7) is 0. The van der Waals surface area contributed by atoms with Gasteiger partial charge < -0.3 is 5.32 Å². The predicted molar refractivity (Wildman–Crippen MR) is 95.8 cm³/mol. The molecule has 0 fully saturated rings. The van der Waals surface area contributed by atoms with Crippen LogP contribution in [0.4, 0.5) is 5.69 Å². The van der Waals surface area contributed by atoms with Crippen LogP contribution in [0.1, 0.15) is 26.4 Å². The molecular formula is C18H11BrN4O2. The van der Waals surface area contributed by atoms with Crippen LogP contribution in [-0.2, 0) is 0 Å². The first-order chi connectivity index (χ1) is 12.1. The number of carbonyl (C=O) groups is 2. The third-order valence-electron chi connectivity index (χ3n) is 3.51. The van der Waals surface area contributed by atoms with E-state index in [9.17, 15) is 9.59 Å². The molecule has 0 aliphatic carbocycles. The van der Waals surface area contributed by atoms with Crippen LogP contribution in [0.25, 0.3) is 5.69 Å². The van der Waals surface area contributed by atoms with Crippen molar-refractivity contribution < 1.29 is 9.59 Å². The van der Waals surface area contributed by atoms with Gasteiger partial charge >= 0.3 is 0 Å². The Balaban J connectivity index is 1.89. The van der Waals surface area contributed by atoms with Gasteiger partial charge in [0.15, 0.2) is 6.29 Å². The van der Waals surface area contributed by atoms with Crippen molar-refractivity contribution in [2.45, 2.75) is 0 Å². The van der Waals surface area contributed by atoms with Crippen LogP contribution in [0.3, 0.4) is 0 Å². The fourth-order valence-corrected chi connectivity index (χ4v) is 2.51. The maximum absolute atomic E-state index is 12.3. The maximum Gasteiger partial charge on any atom is 0.255 e. The molecule has 0 saturated heterocycles. The zero-order valence-electron chi connectivity index (χ0n) is 12.8. The minimum Gasteiger partial charge on any atom is -0.319 e. The summed E-state index contributed by atoms with van der Waals surface area (Å²) in [7, 11) is 0. The number of rotatable bonds is 4. The highest BCUT2D eigenvalue weighted by Gasteiger charge is 2.15. The van der Waals surface area contributed by atoms with Crippen molar-refractivity contribution in [1.29, 1.82) is 5.26 Å². The molecule has 122 valence electrons. The minimum absolute atomic E-state index is 0.218. The van der Waals surface area contributed by atoms with E-state index in [4.69, 9.17) is 5.26 Å². The first-order valence-electron chi connectivity index (χ1n) is 7.23. The fraction of sp³-hybridized carbons (Fsp3) is 0. The molecule has 1 heterocycles. The van der Waals surface area contributed by atoms with Crippen LogP contribution < -0.4 is 5.32 Å². The number of halogens is 1. The van der Waals surface area contributed by atoms with Crippen LogP contribution in [0.15, 0.2) is 59.2 Å². The van der Waals surface area contributed by atoms with Crippen LogP contribution in [0, 0.1) is 11.3 Å². The third-order valence-corrected chi connectivity index (χ3v) is 4.04. The van der Waals surface area contributed by atoms with E-state index in [1.807, 2.05) is 6.07 Å². The first kappa shape index (κ1) is 16.6. The molecule has 0 spiro atoms. The quantitative estimate of drug-likeness (QED) is 0.685. The molecule has 0 aliphatic heterocycles. The molecule has 6 nitrogen and oxygen atoms in total. The Bertz CT molecular complexity index is 970. The highest BCUT2D eigenvalue weighted by Crippen LogP contribution is 2.19. The number of benzene rings is 2. The summed E-state index contributed by atoms with van der Waals surface area (Å²) in [6.07, 6.45) is 2.04. The van der Waals surface area contributed by atoms with E-state index < -0.39 is 0 Å². The summed E-state index contributed by atoms with van der Waals surface area (Å²) in [5, 5.41) is 15.7. The second-order valence-corrected chi connectivity index (χ2v) is 6.01. The average molecular weight is 395 g/mol. The van der Waals surface area contributed by atoms with Crippen LogP contribution >= 0.6 is 15.9 Å². The number of amides is 1. The van der Waals surface area contributed by atoms with Gasteiger partial charge in [-0.1, -0.05) is 15.9 Å². The van der Waals surface area contributed by atoms with Crippen molar-refractivity contribution >= 4 is 33.8 Å². The van der Waals surface area contributed by atoms with Gasteiger partial charge in [0.1, 0.15) is 5.69 Å². The maximum atomic E-state index is 12.3. The van der Waals surface area contributed by atoms with Gasteiger partial charge in [-0.3, -0.25) is 9.59 Å². The fourth-order valence-electron chi connectivity index (χ4n) is 2.25. The zero-order chi connectivity index (χ0) is 17.8. The van der Waals surface area contributed by atoms with E-state index in [1.54, 1.807) is 48.5 Å². The van der Waals surface area contributed by atoms with Crippen molar-refractivity contribution in [1.82, 2.24) is 9.78 Å². The lowest BCUT2D eigenvalue weighted by Crippen LogP contribution is -2.13. The molecule has 2 aromatic carbocycles. The summed E-state index contributed by atoms with van der Waals surface area (Å²) in [4.78, 5) is 23.8. The van der Waals surface area contributed by atoms with E-state index in [0.717, 1.165) is 4.47 Å². The lowest BCUT2D eigenvalue weighted by Gasteiger charge is -2.06. The summed E-state index contributed by atoms with van der Waals surface area (Å²) in [5.74, 6) is -0.338. The number of carbonyl (C=O) groups excluding carboxylic acids is 2. The number of anilines is 1. The molecule has 0 bridgehead atoms. The van der Waals surface area contributed by atoms with Gasteiger partial charge in [-0.15, -0.1) is 0 Å².